The number of tetrazole rings is 1. The molecule has 2 fully saturated rings. The van der Waals surface area contributed by atoms with Crippen LogP contribution in [0.5, 0.6) is 11.5 Å². The predicted octanol–water partition coefficient (Wildman–Crippen LogP) is 2.01. The average Bonchev–Trinajstić information content (AvgIpc) is 3.38. The Morgan fingerprint density at radius 2 is 1.88 bits per heavy atom. The molecule has 2 aliphatic heterocycles. The summed E-state index contributed by atoms with van der Waals surface area (Å²) < 4.78 is 11.5. The first kappa shape index (κ1) is 22.0. The molecule has 0 unspecified atom stereocenters. The highest BCUT2D eigenvalue weighted by atomic mass is 16.5. The van der Waals surface area contributed by atoms with Gasteiger partial charge in [-0.3, -0.25) is 9.59 Å². The lowest BCUT2D eigenvalue weighted by atomic mass is 9.97. The number of rotatable bonds is 7. The molecule has 0 saturated carbocycles. The molecule has 2 aliphatic rings. The molecule has 0 bridgehead atoms. The molecule has 4 rings (SSSR count). The SMILES string of the molecule is CCOc1cc(C(=O)N2CCC[C@H](c3nn[nH]n3)C2)ccc1OCC(=O)N1CCCCC1. The summed E-state index contributed by atoms with van der Waals surface area (Å²) in [7, 11) is 0. The van der Waals surface area contributed by atoms with Gasteiger partial charge in [0.15, 0.2) is 23.9 Å². The molecule has 0 radical (unpaired) electrons. The molecule has 1 atom stereocenters. The fourth-order valence-corrected chi connectivity index (χ4v) is 4.30. The third-order valence-corrected chi connectivity index (χ3v) is 5.99. The Balaban J connectivity index is 1.42. The van der Waals surface area contributed by atoms with Crippen molar-refractivity contribution in [3.05, 3.63) is 29.6 Å². The van der Waals surface area contributed by atoms with Crippen LogP contribution < -0.4 is 9.47 Å². The number of nitrogens with one attached hydrogen (secondary N) is 1. The van der Waals surface area contributed by atoms with Gasteiger partial charge in [-0.25, -0.2) is 0 Å². The Bertz CT molecular complexity index is 913. The van der Waals surface area contributed by atoms with Crippen molar-refractivity contribution in [1.29, 1.82) is 0 Å². The molecule has 172 valence electrons. The van der Waals surface area contributed by atoms with Crippen LogP contribution in [0.25, 0.3) is 0 Å². The van der Waals surface area contributed by atoms with Crippen LogP contribution in [0.2, 0.25) is 0 Å². The van der Waals surface area contributed by atoms with E-state index in [1.54, 1.807) is 18.2 Å². The maximum absolute atomic E-state index is 13.2. The largest absolute Gasteiger partial charge is 0.490 e. The third kappa shape index (κ3) is 5.17. The predicted molar refractivity (Wildman–Crippen MR) is 116 cm³/mol. The number of aromatic nitrogens is 4. The van der Waals surface area contributed by atoms with E-state index >= 15 is 0 Å². The van der Waals surface area contributed by atoms with E-state index in [-0.39, 0.29) is 24.3 Å². The van der Waals surface area contributed by atoms with Crippen LogP contribution in [0.3, 0.4) is 0 Å². The van der Waals surface area contributed by atoms with Crippen molar-refractivity contribution in [1.82, 2.24) is 30.4 Å². The zero-order valence-corrected chi connectivity index (χ0v) is 18.5. The van der Waals surface area contributed by atoms with E-state index < -0.39 is 0 Å². The fraction of sp³-hybridized carbons (Fsp3) is 0.591. The molecule has 1 aromatic heterocycles. The minimum absolute atomic E-state index is 0.0203. The Morgan fingerprint density at radius 1 is 1.06 bits per heavy atom. The monoisotopic (exact) mass is 442 g/mol. The highest BCUT2D eigenvalue weighted by Crippen LogP contribution is 2.31. The van der Waals surface area contributed by atoms with Crippen molar-refractivity contribution < 1.29 is 19.1 Å². The van der Waals surface area contributed by atoms with Crippen LogP contribution in [0.1, 0.15) is 61.1 Å². The van der Waals surface area contributed by atoms with Crippen molar-refractivity contribution in [2.45, 2.75) is 44.9 Å². The van der Waals surface area contributed by atoms with Gasteiger partial charge in [-0.15, -0.1) is 10.2 Å². The number of H-pyrrole nitrogens is 1. The zero-order valence-electron chi connectivity index (χ0n) is 18.5. The van der Waals surface area contributed by atoms with E-state index in [9.17, 15) is 9.59 Å². The fourth-order valence-electron chi connectivity index (χ4n) is 4.30. The number of likely N-dealkylation sites (tertiary alicyclic amines) is 2. The highest BCUT2D eigenvalue weighted by molar-refractivity contribution is 5.95. The summed E-state index contributed by atoms with van der Waals surface area (Å²) in [6.45, 7) is 5.06. The number of aromatic amines is 1. The highest BCUT2D eigenvalue weighted by Gasteiger charge is 2.28. The molecule has 1 N–H and O–H groups in total. The quantitative estimate of drug-likeness (QED) is 0.698. The number of amides is 2. The smallest absolute Gasteiger partial charge is 0.260 e. The van der Waals surface area contributed by atoms with Crippen molar-refractivity contribution in [2.75, 3.05) is 39.4 Å². The number of benzene rings is 1. The van der Waals surface area contributed by atoms with Crippen molar-refractivity contribution in [2.24, 2.45) is 0 Å². The molecular formula is C22H30N6O4. The van der Waals surface area contributed by atoms with E-state index in [1.165, 1.54) is 6.42 Å². The van der Waals surface area contributed by atoms with Crippen molar-refractivity contribution in [3.8, 4) is 11.5 Å². The third-order valence-electron chi connectivity index (χ3n) is 5.99. The lowest BCUT2D eigenvalue weighted by Gasteiger charge is -2.31. The first-order valence-corrected chi connectivity index (χ1v) is 11.4. The van der Waals surface area contributed by atoms with E-state index in [1.807, 2.05) is 16.7 Å². The summed E-state index contributed by atoms with van der Waals surface area (Å²) in [6, 6.07) is 5.14. The standard InChI is InChI=1S/C22H30N6O4/c1-2-31-19-13-16(8-9-18(19)32-15-20(29)27-10-4-3-5-11-27)22(30)28-12-6-7-17(14-28)21-23-25-26-24-21/h8-9,13,17H,2-7,10-12,14-15H2,1H3,(H,23,24,25,26)/t17-/m0/s1. The van der Waals surface area contributed by atoms with Crippen LogP contribution in [0.15, 0.2) is 18.2 Å². The van der Waals surface area contributed by atoms with Gasteiger partial charge in [0.25, 0.3) is 11.8 Å². The van der Waals surface area contributed by atoms with E-state index in [0.717, 1.165) is 38.8 Å². The number of hydrogen-bond acceptors (Lipinski definition) is 7. The van der Waals surface area contributed by atoms with Gasteiger partial charge in [-0.1, -0.05) is 5.21 Å². The lowest BCUT2D eigenvalue weighted by Crippen LogP contribution is -2.39. The van der Waals surface area contributed by atoms with Crippen molar-refractivity contribution >= 4 is 11.8 Å². The van der Waals surface area contributed by atoms with E-state index in [0.29, 0.717) is 42.6 Å². The summed E-state index contributed by atoms with van der Waals surface area (Å²) in [4.78, 5) is 29.3. The van der Waals surface area contributed by atoms with Gasteiger partial charge in [-0.2, -0.15) is 5.21 Å². The number of carbonyl (C=O) groups is 2. The average molecular weight is 443 g/mol. The molecular weight excluding hydrogens is 412 g/mol. The van der Waals surface area contributed by atoms with Gasteiger partial charge in [-0.05, 0) is 57.2 Å². The van der Waals surface area contributed by atoms with Crippen LogP contribution in [-0.2, 0) is 4.79 Å². The summed E-state index contributed by atoms with van der Waals surface area (Å²) in [5.41, 5.74) is 0.525. The lowest BCUT2D eigenvalue weighted by molar-refractivity contribution is -0.134. The summed E-state index contributed by atoms with van der Waals surface area (Å²) in [5.74, 6) is 1.55. The van der Waals surface area contributed by atoms with Gasteiger partial charge in [0.05, 0.1) is 6.61 Å². The molecule has 2 aromatic rings. The molecule has 1 aromatic carbocycles. The molecule has 0 aliphatic carbocycles. The second kappa shape index (κ2) is 10.4. The minimum atomic E-state index is -0.0740. The molecule has 2 saturated heterocycles. The summed E-state index contributed by atoms with van der Waals surface area (Å²) in [5, 5.41) is 14.3. The Labute approximate surface area is 187 Å². The first-order valence-electron chi connectivity index (χ1n) is 11.4. The van der Waals surface area contributed by atoms with Gasteiger partial charge >= 0.3 is 0 Å². The topological polar surface area (TPSA) is 114 Å². The number of nitrogens with zero attached hydrogens (tertiary/aromatic N) is 5. The Kier molecular flexibility index (Phi) is 7.18. The zero-order chi connectivity index (χ0) is 22.3. The van der Waals surface area contributed by atoms with Gasteiger partial charge in [0, 0.05) is 37.7 Å². The van der Waals surface area contributed by atoms with Crippen LogP contribution in [0.4, 0.5) is 0 Å². The molecule has 3 heterocycles. The van der Waals surface area contributed by atoms with Crippen LogP contribution in [0, 0.1) is 0 Å². The number of carbonyl (C=O) groups excluding carboxylic acids is 2. The number of hydrogen-bond donors (Lipinski definition) is 1. The molecule has 32 heavy (non-hydrogen) atoms. The second-order valence-corrected chi connectivity index (χ2v) is 8.18. The maximum Gasteiger partial charge on any atom is 0.260 e. The normalized spacial score (nSPS) is 19.0. The maximum atomic E-state index is 13.2. The molecule has 10 nitrogen and oxygen atoms in total. The minimum Gasteiger partial charge on any atom is -0.490 e. The van der Waals surface area contributed by atoms with Gasteiger partial charge in [0.2, 0.25) is 0 Å². The van der Waals surface area contributed by atoms with Crippen LogP contribution >= 0.6 is 0 Å². The van der Waals surface area contributed by atoms with Crippen molar-refractivity contribution in [3.63, 3.8) is 0 Å². The van der Waals surface area contributed by atoms with Gasteiger partial charge in [0.1, 0.15) is 0 Å². The molecule has 0 spiro atoms. The molecule has 10 heteroatoms. The van der Waals surface area contributed by atoms with E-state index in [4.69, 9.17) is 9.47 Å². The van der Waals surface area contributed by atoms with Crippen LogP contribution in [-0.4, -0.2) is 81.6 Å². The Hall–Kier alpha value is -3.17. The summed E-state index contributed by atoms with van der Waals surface area (Å²) >= 11 is 0. The molecule has 2 amide bonds. The van der Waals surface area contributed by atoms with Gasteiger partial charge < -0.3 is 19.3 Å². The Morgan fingerprint density at radius 3 is 2.62 bits per heavy atom. The van der Waals surface area contributed by atoms with E-state index in [2.05, 4.69) is 20.6 Å². The number of ether oxygens (including phenoxy) is 2. The first-order chi connectivity index (χ1) is 15.7. The summed E-state index contributed by atoms with van der Waals surface area (Å²) in [6.07, 6.45) is 5.05. The second-order valence-electron chi connectivity index (χ2n) is 8.18. The number of piperidine rings is 2.